The summed E-state index contributed by atoms with van der Waals surface area (Å²) in [6.07, 6.45) is -17.5. The fourth-order valence-corrected chi connectivity index (χ4v) is 14.3. The van der Waals surface area contributed by atoms with Crippen LogP contribution in [-0.4, -0.2) is 201 Å². The molecule has 21 nitrogen and oxygen atoms in total. The molecule has 0 aromatic carbocycles. The second-order valence-corrected chi connectivity index (χ2v) is 22.0. The first-order valence-corrected chi connectivity index (χ1v) is 24.6. The highest BCUT2D eigenvalue weighted by atomic mass is 32.3. The quantitative estimate of drug-likeness (QED) is 0.0609. The van der Waals surface area contributed by atoms with Crippen molar-refractivity contribution in [3.63, 3.8) is 0 Å². The summed E-state index contributed by atoms with van der Waals surface area (Å²) < 4.78 is 79.3. The Morgan fingerprint density at radius 2 is 1.40 bits per heavy atom. The van der Waals surface area contributed by atoms with Gasteiger partial charge in [-0.25, -0.2) is 4.18 Å². The second kappa shape index (κ2) is 19.8. The Balaban J connectivity index is 1.03. The molecule has 0 unspecified atom stereocenters. The smallest absolute Gasteiger partial charge is 0.394 e. The SMILES string of the molecule is CO[C@H]1[C@H](O[C@H]2CC[C@@]3(C)[C@H]([C@H]2O)[C@H](O)C[C@]2(O)[C@@H]3CC[C@]3(C)[C@@H]([C@H](C)CC[C@H](O[C@@H]4O[C@@H](CO)[C@H](OS(=O)(=O)O)[C@H]4O[C@@H]4O[C@@H](CO)[C@H](O)[C@H]4O)C(C)C)C[C@H](O)[C@H]32)OC[C@@H](O)[C@@H]1O. The highest BCUT2D eigenvalue weighted by Gasteiger charge is 2.72. The minimum atomic E-state index is -5.13. The lowest BCUT2D eigenvalue weighted by molar-refractivity contribution is -0.320. The molecule has 0 bridgehead atoms. The van der Waals surface area contributed by atoms with Gasteiger partial charge in [-0.1, -0.05) is 34.6 Å². The lowest BCUT2D eigenvalue weighted by Gasteiger charge is -2.66. The van der Waals surface area contributed by atoms with Crippen molar-refractivity contribution < 1.29 is 101 Å². The first-order chi connectivity index (χ1) is 30.4. The van der Waals surface area contributed by atoms with Crippen LogP contribution in [0.4, 0.5) is 0 Å². The summed E-state index contributed by atoms with van der Waals surface area (Å²) in [5.74, 6) is -1.86. The minimum Gasteiger partial charge on any atom is -0.394 e. The van der Waals surface area contributed by atoms with E-state index in [2.05, 4.69) is 13.8 Å². The molecule has 3 saturated heterocycles. The van der Waals surface area contributed by atoms with E-state index in [0.717, 1.165) is 0 Å². The molecule has 0 aromatic heterocycles. The van der Waals surface area contributed by atoms with E-state index in [1.165, 1.54) is 7.11 Å². The van der Waals surface area contributed by atoms with Crippen LogP contribution in [0.15, 0.2) is 0 Å². The van der Waals surface area contributed by atoms with Crippen molar-refractivity contribution in [3.8, 4) is 0 Å². The number of fused-ring (bicyclic) bond motifs is 5. The van der Waals surface area contributed by atoms with Gasteiger partial charge >= 0.3 is 10.4 Å². The van der Waals surface area contributed by atoms with Gasteiger partial charge in [-0.3, -0.25) is 4.55 Å². The monoisotopic (exact) mass is 958 g/mol. The summed E-state index contributed by atoms with van der Waals surface area (Å²) in [4.78, 5) is 0. The number of ether oxygens (including phenoxy) is 7. The lowest BCUT2D eigenvalue weighted by atomic mass is 9.41. The molecule has 3 heterocycles. The van der Waals surface area contributed by atoms with Gasteiger partial charge in [0.25, 0.3) is 0 Å². The first-order valence-electron chi connectivity index (χ1n) is 23.2. The molecule has 22 heteroatoms. The molecule has 7 aliphatic rings. The third-order valence-electron chi connectivity index (χ3n) is 16.9. The number of rotatable bonds is 16. The Morgan fingerprint density at radius 1 is 0.738 bits per heavy atom. The summed E-state index contributed by atoms with van der Waals surface area (Å²) in [5, 5.41) is 110. The topological polar surface area (TPSA) is 331 Å². The Hall–Kier alpha value is -0.810. The molecule has 11 N–H and O–H groups in total. The van der Waals surface area contributed by atoms with E-state index in [4.69, 9.17) is 37.3 Å². The molecule has 0 spiro atoms. The molecule has 0 radical (unpaired) electrons. The van der Waals surface area contributed by atoms with Crippen molar-refractivity contribution in [2.24, 2.45) is 46.3 Å². The van der Waals surface area contributed by atoms with E-state index in [0.29, 0.717) is 44.9 Å². The van der Waals surface area contributed by atoms with Gasteiger partial charge in [0.15, 0.2) is 18.9 Å². The average molecular weight is 959 g/mol. The molecular formula is C43H74O21S. The molecule has 4 aliphatic carbocycles. The molecule has 378 valence electrons. The zero-order valence-corrected chi connectivity index (χ0v) is 38.8. The van der Waals surface area contributed by atoms with Crippen LogP contribution in [0.5, 0.6) is 0 Å². The maximum absolute atomic E-state index is 13.0. The minimum absolute atomic E-state index is 0.0234. The molecule has 25 atom stereocenters. The zero-order chi connectivity index (χ0) is 47.7. The van der Waals surface area contributed by atoms with Crippen LogP contribution in [0, 0.1) is 46.3 Å². The molecular weight excluding hydrogens is 885 g/mol. The third kappa shape index (κ3) is 9.58. The third-order valence-corrected chi connectivity index (χ3v) is 17.4. The van der Waals surface area contributed by atoms with Gasteiger partial charge in [0.2, 0.25) is 0 Å². The Kier molecular flexibility index (Phi) is 15.8. The van der Waals surface area contributed by atoms with E-state index in [1.54, 1.807) is 0 Å². The summed E-state index contributed by atoms with van der Waals surface area (Å²) in [5.41, 5.74) is -2.73. The van der Waals surface area contributed by atoms with Gasteiger partial charge in [-0.15, -0.1) is 0 Å². The van der Waals surface area contributed by atoms with Crippen LogP contribution in [0.1, 0.15) is 86.0 Å². The van der Waals surface area contributed by atoms with Crippen molar-refractivity contribution in [1.29, 1.82) is 0 Å². The predicted octanol–water partition coefficient (Wildman–Crippen LogP) is -1.66. The maximum atomic E-state index is 13.0. The number of hydrogen-bond acceptors (Lipinski definition) is 20. The Morgan fingerprint density at radius 3 is 2.02 bits per heavy atom. The highest BCUT2D eigenvalue weighted by Crippen LogP contribution is 2.70. The van der Waals surface area contributed by atoms with Crippen LogP contribution in [0.3, 0.4) is 0 Å². The number of hydrogen-bond donors (Lipinski definition) is 11. The second-order valence-electron chi connectivity index (χ2n) is 20.9. The maximum Gasteiger partial charge on any atom is 0.397 e. The number of aliphatic hydroxyl groups excluding tert-OH is 9. The number of aliphatic hydroxyl groups is 10. The van der Waals surface area contributed by atoms with Crippen LogP contribution in [0.25, 0.3) is 0 Å². The van der Waals surface area contributed by atoms with Gasteiger partial charge in [0, 0.05) is 25.4 Å². The van der Waals surface area contributed by atoms with Gasteiger partial charge in [0.05, 0.1) is 55.9 Å². The van der Waals surface area contributed by atoms with Crippen LogP contribution in [0.2, 0.25) is 0 Å². The highest BCUT2D eigenvalue weighted by molar-refractivity contribution is 7.80. The van der Waals surface area contributed by atoms with Crippen LogP contribution < -0.4 is 0 Å². The normalized spacial score (nSPS) is 51.1. The van der Waals surface area contributed by atoms with Crippen LogP contribution >= 0.6 is 0 Å². The van der Waals surface area contributed by atoms with Gasteiger partial charge < -0.3 is 84.2 Å². The lowest BCUT2D eigenvalue weighted by Crippen LogP contribution is -2.71. The van der Waals surface area contributed by atoms with E-state index < -0.39 is 156 Å². The summed E-state index contributed by atoms with van der Waals surface area (Å²) in [6, 6.07) is 0. The van der Waals surface area contributed by atoms with Crippen molar-refractivity contribution >= 4 is 10.4 Å². The molecule has 4 saturated carbocycles. The van der Waals surface area contributed by atoms with Gasteiger partial charge in [-0.05, 0) is 79.4 Å². The van der Waals surface area contributed by atoms with Gasteiger partial charge in [0.1, 0.15) is 54.9 Å². The molecule has 0 aromatic rings. The predicted molar refractivity (Wildman–Crippen MR) is 221 cm³/mol. The molecule has 0 amide bonds. The summed E-state index contributed by atoms with van der Waals surface area (Å²) in [7, 11) is -3.76. The molecule has 7 fully saturated rings. The number of methoxy groups -OCH3 is 1. The van der Waals surface area contributed by atoms with Gasteiger partial charge in [-0.2, -0.15) is 8.42 Å². The molecule has 65 heavy (non-hydrogen) atoms. The average Bonchev–Trinajstić information content (AvgIpc) is 3.80. The van der Waals surface area contributed by atoms with E-state index in [9.17, 15) is 64.0 Å². The fraction of sp³-hybridized carbons (Fsp3) is 1.00. The standard InChI is InChI=1S/C43H74O21S/c1-18(2)24(59-40-36(34(27(16-45)62-40)64-65(54,55)56)63-38-33(52)32(51)26(15-44)61-38)8-7-19(3)20-13-21(46)37-41(20,4)12-10-28-42(5)11-9-25(31(50)29(42)22(47)14-43(28,37)53)60-39-35(57-6)30(49)23(48)17-58-39/h18-40,44-53H,7-17H2,1-6H3,(H,54,55,56)/t19-,20-,21+,22-,23-,24+,25+,26+,27+,28-,29+,30+,31+,32+,33-,34+,35-,36-,37-,38+,39+,40-,41-,42-,43+/m1/s1. The van der Waals surface area contributed by atoms with E-state index in [-0.39, 0.29) is 36.7 Å². The van der Waals surface area contributed by atoms with E-state index in [1.807, 2.05) is 20.8 Å². The van der Waals surface area contributed by atoms with E-state index >= 15 is 0 Å². The summed E-state index contributed by atoms with van der Waals surface area (Å²) in [6.45, 7) is 8.40. The van der Waals surface area contributed by atoms with Crippen molar-refractivity contribution in [2.45, 2.75) is 196 Å². The summed E-state index contributed by atoms with van der Waals surface area (Å²) >= 11 is 0. The van der Waals surface area contributed by atoms with Crippen molar-refractivity contribution in [3.05, 3.63) is 0 Å². The fourth-order valence-electron chi connectivity index (χ4n) is 13.8. The molecule has 7 rings (SSSR count). The Labute approximate surface area is 380 Å². The van der Waals surface area contributed by atoms with Crippen LogP contribution in [-0.2, 0) is 47.7 Å². The largest absolute Gasteiger partial charge is 0.397 e. The van der Waals surface area contributed by atoms with Crippen molar-refractivity contribution in [1.82, 2.24) is 0 Å². The zero-order valence-electron chi connectivity index (χ0n) is 38.0. The van der Waals surface area contributed by atoms with Crippen molar-refractivity contribution in [2.75, 3.05) is 26.9 Å². The molecule has 3 aliphatic heterocycles. The Bertz CT molecular complexity index is 1710. The first kappa shape index (κ1) is 52.0.